The molecule has 0 unspecified atom stereocenters. The Hall–Kier alpha value is -3.68. The second-order valence-electron chi connectivity index (χ2n) is 5.23. The maximum absolute atomic E-state index is 12.0. The molecule has 0 saturated carbocycles. The van der Waals surface area contributed by atoms with Gasteiger partial charge in [0.05, 0.1) is 36.6 Å². The molecule has 0 aromatic heterocycles. The zero-order valence-corrected chi connectivity index (χ0v) is 14.7. The number of carbonyl (C=O) groups excluding carboxylic acids is 4. The summed E-state index contributed by atoms with van der Waals surface area (Å²) < 4.78 is 14.1. The van der Waals surface area contributed by atoms with Gasteiger partial charge in [-0.3, -0.25) is 4.79 Å². The summed E-state index contributed by atoms with van der Waals surface area (Å²) in [5.41, 5.74) is 0.877. The lowest BCUT2D eigenvalue weighted by Crippen LogP contribution is -2.22. The van der Waals surface area contributed by atoms with Gasteiger partial charge in [0.15, 0.2) is 6.61 Å². The van der Waals surface area contributed by atoms with E-state index in [1.165, 1.54) is 50.6 Å². The number of esters is 3. The highest BCUT2D eigenvalue weighted by molar-refractivity contribution is 6.02. The van der Waals surface area contributed by atoms with Crippen LogP contribution in [0, 0.1) is 0 Å². The number of amides is 1. The van der Waals surface area contributed by atoms with Gasteiger partial charge in [0.1, 0.15) is 0 Å². The maximum Gasteiger partial charge on any atom is 0.339 e. The van der Waals surface area contributed by atoms with E-state index in [0.29, 0.717) is 0 Å². The van der Waals surface area contributed by atoms with Crippen molar-refractivity contribution in [2.75, 3.05) is 26.1 Å². The lowest BCUT2D eigenvalue weighted by molar-refractivity contribution is -0.119. The number of carbonyl (C=O) groups is 4. The van der Waals surface area contributed by atoms with E-state index in [0.717, 1.165) is 0 Å². The van der Waals surface area contributed by atoms with Crippen LogP contribution in [0.25, 0.3) is 0 Å². The van der Waals surface area contributed by atoms with Gasteiger partial charge in [-0.05, 0) is 36.4 Å². The first-order valence-corrected chi connectivity index (χ1v) is 7.79. The molecule has 2 aromatic rings. The van der Waals surface area contributed by atoms with E-state index in [4.69, 9.17) is 4.74 Å². The molecule has 0 aliphatic rings. The minimum Gasteiger partial charge on any atom is -0.465 e. The van der Waals surface area contributed by atoms with Crippen LogP contribution in [0.1, 0.15) is 31.1 Å². The van der Waals surface area contributed by atoms with Crippen LogP contribution in [0.2, 0.25) is 0 Å². The molecule has 0 heterocycles. The largest absolute Gasteiger partial charge is 0.465 e. The van der Waals surface area contributed by atoms with Crippen LogP contribution >= 0.6 is 0 Å². The molecular weight excluding hydrogens is 354 g/mol. The molecule has 27 heavy (non-hydrogen) atoms. The topological polar surface area (TPSA) is 108 Å². The van der Waals surface area contributed by atoms with Gasteiger partial charge in [0.25, 0.3) is 5.91 Å². The fourth-order valence-corrected chi connectivity index (χ4v) is 2.14. The van der Waals surface area contributed by atoms with Crippen molar-refractivity contribution in [1.29, 1.82) is 0 Å². The van der Waals surface area contributed by atoms with Gasteiger partial charge in [0.2, 0.25) is 0 Å². The Morgan fingerprint density at radius 2 is 1.33 bits per heavy atom. The highest BCUT2D eigenvalue weighted by Gasteiger charge is 2.15. The summed E-state index contributed by atoms with van der Waals surface area (Å²) in [5.74, 6) is -2.49. The Kier molecular flexibility index (Phi) is 6.65. The van der Waals surface area contributed by atoms with Crippen molar-refractivity contribution in [1.82, 2.24) is 0 Å². The smallest absolute Gasteiger partial charge is 0.339 e. The number of hydrogen-bond donors (Lipinski definition) is 1. The molecule has 0 saturated heterocycles. The normalized spacial score (nSPS) is 9.85. The fourth-order valence-electron chi connectivity index (χ4n) is 2.14. The standard InChI is InChI=1S/C19H17NO7/c1-25-17(22)12-7-9-13(10-8-12)18(23)27-11-16(21)20-15-6-4-3-5-14(15)19(24)26-2/h3-10H,11H2,1-2H3,(H,20,21). The van der Waals surface area contributed by atoms with Crippen molar-refractivity contribution in [2.24, 2.45) is 0 Å². The second kappa shape index (κ2) is 9.14. The third-order valence-electron chi connectivity index (χ3n) is 3.48. The van der Waals surface area contributed by atoms with Crippen molar-refractivity contribution in [2.45, 2.75) is 0 Å². The lowest BCUT2D eigenvalue weighted by Gasteiger charge is -2.10. The average Bonchev–Trinajstić information content (AvgIpc) is 2.71. The van der Waals surface area contributed by atoms with Crippen LogP contribution in [0.5, 0.6) is 0 Å². The highest BCUT2D eigenvalue weighted by atomic mass is 16.5. The highest BCUT2D eigenvalue weighted by Crippen LogP contribution is 2.16. The Morgan fingerprint density at radius 3 is 1.93 bits per heavy atom. The molecule has 1 N–H and O–H groups in total. The van der Waals surface area contributed by atoms with E-state index in [-0.39, 0.29) is 22.4 Å². The number of para-hydroxylation sites is 1. The Bertz CT molecular complexity index is 859. The van der Waals surface area contributed by atoms with E-state index in [9.17, 15) is 19.2 Å². The van der Waals surface area contributed by atoms with Crippen LogP contribution in [-0.4, -0.2) is 44.6 Å². The number of anilines is 1. The molecule has 8 nitrogen and oxygen atoms in total. The number of hydrogen-bond acceptors (Lipinski definition) is 7. The van der Waals surface area contributed by atoms with Crippen molar-refractivity contribution in [3.05, 3.63) is 65.2 Å². The third kappa shape index (κ3) is 5.15. The van der Waals surface area contributed by atoms with Crippen molar-refractivity contribution < 1.29 is 33.4 Å². The van der Waals surface area contributed by atoms with Crippen molar-refractivity contribution in [3.63, 3.8) is 0 Å². The van der Waals surface area contributed by atoms with Gasteiger partial charge >= 0.3 is 17.9 Å². The molecule has 0 aliphatic carbocycles. The van der Waals surface area contributed by atoms with Crippen molar-refractivity contribution in [3.8, 4) is 0 Å². The molecule has 140 valence electrons. The Morgan fingerprint density at radius 1 is 0.778 bits per heavy atom. The first-order valence-electron chi connectivity index (χ1n) is 7.79. The lowest BCUT2D eigenvalue weighted by atomic mass is 10.1. The molecule has 0 aliphatic heterocycles. The number of nitrogens with one attached hydrogen (secondary N) is 1. The molecule has 0 atom stereocenters. The van der Waals surface area contributed by atoms with Crippen LogP contribution in [-0.2, 0) is 19.0 Å². The summed E-state index contributed by atoms with van der Waals surface area (Å²) in [7, 11) is 2.48. The third-order valence-corrected chi connectivity index (χ3v) is 3.48. The van der Waals surface area contributed by atoms with Crippen LogP contribution in [0.15, 0.2) is 48.5 Å². The molecule has 0 fully saturated rings. The molecule has 8 heteroatoms. The van der Waals surface area contributed by atoms with Crippen LogP contribution < -0.4 is 5.32 Å². The summed E-state index contributed by atoms with van der Waals surface area (Å²) >= 11 is 0. The van der Waals surface area contributed by atoms with Gasteiger partial charge in [-0.25, -0.2) is 14.4 Å². The van der Waals surface area contributed by atoms with Crippen LogP contribution in [0.3, 0.4) is 0 Å². The van der Waals surface area contributed by atoms with Gasteiger partial charge in [-0.1, -0.05) is 12.1 Å². The van der Waals surface area contributed by atoms with E-state index in [1.807, 2.05) is 0 Å². The van der Waals surface area contributed by atoms with Gasteiger partial charge in [-0.2, -0.15) is 0 Å². The molecule has 0 radical (unpaired) electrons. The molecule has 0 spiro atoms. The molecule has 0 bridgehead atoms. The summed E-state index contributed by atoms with van der Waals surface area (Å²) in [4.78, 5) is 47.0. The van der Waals surface area contributed by atoms with E-state index >= 15 is 0 Å². The number of benzene rings is 2. The SMILES string of the molecule is COC(=O)c1ccc(C(=O)OCC(=O)Nc2ccccc2C(=O)OC)cc1. The predicted molar refractivity (Wildman–Crippen MR) is 94.5 cm³/mol. The van der Waals surface area contributed by atoms with Gasteiger partial charge in [-0.15, -0.1) is 0 Å². The van der Waals surface area contributed by atoms with E-state index in [1.54, 1.807) is 12.1 Å². The first kappa shape index (κ1) is 19.6. The number of ether oxygens (including phenoxy) is 3. The summed E-state index contributed by atoms with van der Waals surface area (Å²) in [6, 6.07) is 11.9. The maximum atomic E-state index is 12.0. The van der Waals surface area contributed by atoms with E-state index in [2.05, 4.69) is 14.8 Å². The minimum absolute atomic E-state index is 0.172. The molecule has 2 rings (SSSR count). The zero-order chi connectivity index (χ0) is 19.8. The fraction of sp³-hybridized carbons (Fsp3) is 0.158. The second-order valence-corrected chi connectivity index (χ2v) is 5.23. The molecular formula is C19H17NO7. The van der Waals surface area contributed by atoms with Gasteiger partial charge < -0.3 is 19.5 Å². The number of rotatable bonds is 6. The first-order chi connectivity index (χ1) is 13.0. The Labute approximate surface area is 155 Å². The minimum atomic E-state index is -0.734. The molecule has 2 aromatic carbocycles. The zero-order valence-electron chi connectivity index (χ0n) is 14.7. The molecule has 1 amide bonds. The summed E-state index contributed by atoms with van der Waals surface area (Å²) in [5, 5.41) is 2.49. The number of methoxy groups -OCH3 is 2. The monoisotopic (exact) mass is 371 g/mol. The van der Waals surface area contributed by atoms with Crippen molar-refractivity contribution >= 4 is 29.5 Å². The Balaban J connectivity index is 1.95. The van der Waals surface area contributed by atoms with Crippen LogP contribution in [0.4, 0.5) is 5.69 Å². The summed E-state index contributed by atoms with van der Waals surface area (Å²) in [6.07, 6.45) is 0. The average molecular weight is 371 g/mol. The quantitative estimate of drug-likeness (QED) is 0.611. The van der Waals surface area contributed by atoms with E-state index < -0.39 is 30.4 Å². The summed E-state index contributed by atoms with van der Waals surface area (Å²) in [6.45, 7) is -0.549. The van der Waals surface area contributed by atoms with Gasteiger partial charge in [0, 0.05) is 0 Å². The predicted octanol–water partition coefficient (Wildman–Crippen LogP) is 2.06.